The summed E-state index contributed by atoms with van der Waals surface area (Å²) < 4.78 is 59.6. The molecular formula is C22H15ClF4N6O. The van der Waals surface area contributed by atoms with E-state index in [0.717, 1.165) is 12.1 Å². The fraction of sp³-hybridized carbons (Fsp3) is 0.182. The Morgan fingerprint density at radius 2 is 2.00 bits per heavy atom. The number of alkyl halides is 3. The number of hydrogen-bond donors (Lipinski definition) is 1. The summed E-state index contributed by atoms with van der Waals surface area (Å²) in [5, 5.41) is 15.4. The quantitative estimate of drug-likeness (QED) is 0.339. The Labute approximate surface area is 195 Å². The number of halogens is 5. The highest BCUT2D eigenvalue weighted by atomic mass is 35.5. The molecule has 174 valence electrons. The highest BCUT2D eigenvalue weighted by Crippen LogP contribution is 2.39. The fourth-order valence-corrected chi connectivity index (χ4v) is 3.70. The molecule has 0 atom stereocenters. The monoisotopic (exact) mass is 490 g/mol. The minimum atomic E-state index is -4.55. The normalized spacial score (nSPS) is 11.4. The van der Waals surface area contributed by atoms with Crippen LogP contribution in [0.3, 0.4) is 0 Å². The summed E-state index contributed by atoms with van der Waals surface area (Å²) >= 11 is 6.19. The lowest BCUT2D eigenvalue weighted by atomic mass is 10.1. The van der Waals surface area contributed by atoms with E-state index in [1.807, 2.05) is 6.07 Å². The van der Waals surface area contributed by atoms with Crippen LogP contribution in [-0.2, 0) is 6.18 Å². The van der Waals surface area contributed by atoms with Crippen LogP contribution in [0.5, 0.6) is 5.75 Å². The number of rotatable bonds is 6. The molecule has 0 amide bonds. The van der Waals surface area contributed by atoms with Crippen molar-refractivity contribution in [1.82, 2.24) is 20.2 Å². The number of fused-ring (bicyclic) bond motifs is 1. The second-order valence-electron chi connectivity index (χ2n) is 6.97. The Hall–Kier alpha value is -3.91. The molecule has 0 aliphatic carbocycles. The topological polar surface area (TPSA) is 90.7 Å². The summed E-state index contributed by atoms with van der Waals surface area (Å²) in [5.74, 6) is -0.521. The van der Waals surface area contributed by atoms with Gasteiger partial charge in [-0.2, -0.15) is 23.5 Å². The van der Waals surface area contributed by atoms with E-state index in [0.29, 0.717) is 11.0 Å². The van der Waals surface area contributed by atoms with E-state index in [9.17, 15) is 17.6 Å². The molecule has 12 heteroatoms. The SMILES string of the molecule is CCN(c1nc(-c2c(F)cccc2OCC#N)c2[nH]ncc2n1)c1ccc(C(F)(F)F)cc1Cl. The van der Waals surface area contributed by atoms with Crippen molar-refractivity contribution < 1.29 is 22.3 Å². The number of nitrogens with zero attached hydrogens (tertiary/aromatic N) is 5. The molecule has 0 unspecified atom stereocenters. The molecular weight excluding hydrogens is 476 g/mol. The van der Waals surface area contributed by atoms with Crippen LogP contribution >= 0.6 is 11.6 Å². The average Bonchev–Trinajstić information content (AvgIpc) is 3.27. The van der Waals surface area contributed by atoms with Gasteiger partial charge < -0.3 is 9.64 Å². The first kappa shape index (κ1) is 23.3. The Morgan fingerprint density at radius 3 is 2.68 bits per heavy atom. The fourth-order valence-electron chi connectivity index (χ4n) is 3.42. The molecule has 4 aromatic rings. The first-order chi connectivity index (χ1) is 16.2. The predicted molar refractivity (Wildman–Crippen MR) is 117 cm³/mol. The van der Waals surface area contributed by atoms with Crippen molar-refractivity contribution in [2.45, 2.75) is 13.1 Å². The second kappa shape index (κ2) is 9.15. The first-order valence-electron chi connectivity index (χ1n) is 9.88. The summed E-state index contributed by atoms with van der Waals surface area (Å²) in [6.07, 6.45) is -3.15. The van der Waals surface area contributed by atoms with Gasteiger partial charge in [-0.1, -0.05) is 17.7 Å². The average molecular weight is 491 g/mol. The van der Waals surface area contributed by atoms with E-state index in [1.165, 1.54) is 35.4 Å². The van der Waals surface area contributed by atoms with Crippen molar-refractivity contribution >= 4 is 34.3 Å². The number of H-pyrrole nitrogens is 1. The Balaban J connectivity index is 1.89. The number of benzene rings is 2. The Morgan fingerprint density at radius 1 is 1.21 bits per heavy atom. The summed E-state index contributed by atoms with van der Waals surface area (Å²) in [4.78, 5) is 10.4. The van der Waals surface area contributed by atoms with Crippen LogP contribution in [0, 0.1) is 17.1 Å². The molecule has 0 bridgehead atoms. The summed E-state index contributed by atoms with van der Waals surface area (Å²) in [6.45, 7) is 1.66. The summed E-state index contributed by atoms with van der Waals surface area (Å²) in [5.41, 5.74) is 0.0618. The third-order valence-corrected chi connectivity index (χ3v) is 5.22. The van der Waals surface area contributed by atoms with Gasteiger partial charge in [0.15, 0.2) is 6.61 Å². The number of ether oxygens (including phenoxy) is 1. The number of anilines is 2. The van der Waals surface area contributed by atoms with Gasteiger partial charge in [0.2, 0.25) is 5.95 Å². The molecule has 2 heterocycles. The highest BCUT2D eigenvalue weighted by molar-refractivity contribution is 6.33. The zero-order valence-corrected chi connectivity index (χ0v) is 18.2. The van der Waals surface area contributed by atoms with Gasteiger partial charge in [0.25, 0.3) is 0 Å². The molecule has 0 aliphatic heterocycles. The largest absolute Gasteiger partial charge is 0.478 e. The minimum absolute atomic E-state index is 0.0229. The molecule has 1 N–H and O–H groups in total. The number of hydrogen-bond acceptors (Lipinski definition) is 6. The van der Waals surface area contributed by atoms with E-state index in [2.05, 4.69) is 20.2 Å². The minimum Gasteiger partial charge on any atom is -0.478 e. The van der Waals surface area contributed by atoms with Crippen molar-refractivity contribution in [1.29, 1.82) is 5.26 Å². The van der Waals surface area contributed by atoms with Crippen LogP contribution in [-0.4, -0.2) is 33.3 Å². The van der Waals surface area contributed by atoms with Gasteiger partial charge in [0, 0.05) is 6.54 Å². The van der Waals surface area contributed by atoms with E-state index >= 15 is 0 Å². The van der Waals surface area contributed by atoms with Crippen LogP contribution in [0.25, 0.3) is 22.3 Å². The van der Waals surface area contributed by atoms with Crippen LogP contribution in [0.4, 0.5) is 29.2 Å². The van der Waals surface area contributed by atoms with E-state index in [-0.39, 0.29) is 46.8 Å². The van der Waals surface area contributed by atoms with E-state index in [1.54, 1.807) is 6.92 Å². The number of nitrogens with one attached hydrogen (secondary N) is 1. The lowest BCUT2D eigenvalue weighted by Crippen LogP contribution is -2.20. The third-order valence-electron chi connectivity index (χ3n) is 4.92. The lowest BCUT2D eigenvalue weighted by molar-refractivity contribution is -0.137. The second-order valence-corrected chi connectivity index (χ2v) is 7.38. The molecule has 0 saturated heterocycles. The summed E-state index contributed by atoms with van der Waals surface area (Å²) in [6, 6.07) is 8.91. The van der Waals surface area contributed by atoms with Gasteiger partial charge in [-0.25, -0.2) is 14.4 Å². The molecule has 4 rings (SSSR count). The summed E-state index contributed by atoms with van der Waals surface area (Å²) in [7, 11) is 0. The maximum atomic E-state index is 15.0. The van der Waals surface area contributed by atoms with Gasteiger partial charge in [0.1, 0.15) is 34.4 Å². The maximum absolute atomic E-state index is 15.0. The standard InChI is InChI=1S/C22H15ClF4N6O/c1-2-33(16-7-6-12(10-13(16)23)22(25,26)27)21-30-15-11-29-32-19(15)20(31-21)18-14(24)4-3-5-17(18)34-9-8-28/h3-7,10-11H,2,9H2,1H3,(H,29,32). The number of nitriles is 1. The Kier molecular flexibility index (Phi) is 6.26. The van der Waals surface area contributed by atoms with Crippen LogP contribution in [0.2, 0.25) is 5.02 Å². The van der Waals surface area contributed by atoms with Gasteiger partial charge >= 0.3 is 6.18 Å². The van der Waals surface area contributed by atoms with E-state index in [4.69, 9.17) is 21.6 Å². The molecule has 0 radical (unpaired) electrons. The number of aromatic amines is 1. The molecule has 0 aliphatic rings. The molecule has 0 fully saturated rings. The molecule has 34 heavy (non-hydrogen) atoms. The van der Waals surface area contributed by atoms with Crippen molar-refractivity contribution in [2.24, 2.45) is 0 Å². The van der Waals surface area contributed by atoms with Crippen LogP contribution < -0.4 is 9.64 Å². The van der Waals surface area contributed by atoms with Gasteiger partial charge in [-0.3, -0.25) is 5.10 Å². The van der Waals surface area contributed by atoms with Crippen molar-refractivity contribution in [3.05, 3.63) is 59.0 Å². The van der Waals surface area contributed by atoms with Crippen molar-refractivity contribution in [3.63, 3.8) is 0 Å². The van der Waals surface area contributed by atoms with Crippen molar-refractivity contribution in [3.8, 4) is 23.1 Å². The zero-order chi connectivity index (χ0) is 24.5. The van der Waals surface area contributed by atoms with Gasteiger partial charge in [-0.05, 0) is 37.3 Å². The third kappa shape index (κ3) is 4.32. The van der Waals surface area contributed by atoms with Gasteiger partial charge in [-0.15, -0.1) is 0 Å². The molecule has 2 aromatic carbocycles. The zero-order valence-electron chi connectivity index (χ0n) is 17.5. The van der Waals surface area contributed by atoms with E-state index < -0.39 is 17.6 Å². The highest BCUT2D eigenvalue weighted by Gasteiger charge is 2.31. The molecule has 2 aromatic heterocycles. The molecule has 0 saturated carbocycles. The van der Waals surface area contributed by atoms with Crippen LogP contribution in [0.1, 0.15) is 12.5 Å². The van der Waals surface area contributed by atoms with Crippen LogP contribution in [0.15, 0.2) is 42.6 Å². The lowest BCUT2D eigenvalue weighted by Gasteiger charge is -2.23. The van der Waals surface area contributed by atoms with Gasteiger partial charge in [0.05, 0.1) is 28.0 Å². The first-order valence-corrected chi connectivity index (χ1v) is 10.3. The van der Waals surface area contributed by atoms with Crippen molar-refractivity contribution in [2.75, 3.05) is 18.1 Å². The predicted octanol–water partition coefficient (Wildman–Crippen LogP) is 5.89. The maximum Gasteiger partial charge on any atom is 0.416 e. The smallest absolute Gasteiger partial charge is 0.416 e. The Bertz CT molecular complexity index is 1400. The molecule has 0 spiro atoms. The number of aromatic nitrogens is 4. The molecule has 7 nitrogen and oxygen atoms in total.